The van der Waals surface area contributed by atoms with E-state index in [9.17, 15) is 0 Å². The topological polar surface area (TPSA) is 0 Å². The molecule has 0 N–H and O–H groups in total. The summed E-state index contributed by atoms with van der Waals surface area (Å²) in [6.45, 7) is 4.11. The molecule has 4 heteroatoms. The first-order valence-electron chi connectivity index (χ1n) is 5.29. The number of rotatable bonds is 3. The van der Waals surface area contributed by atoms with E-state index in [0.29, 0.717) is 4.22 Å². The molecule has 1 aliphatic rings. The summed E-state index contributed by atoms with van der Waals surface area (Å²) in [5.41, 5.74) is 0. The molecule has 0 atom stereocenters. The van der Waals surface area contributed by atoms with Crippen molar-refractivity contribution in [2.45, 2.75) is 53.2 Å². The predicted octanol–water partition coefficient (Wildman–Crippen LogP) is 5.91. The molecule has 1 saturated carbocycles. The van der Waals surface area contributed by atoms with Crippen molar-refractivity contribution < 1.29 is 10.8 Å². The summed E-state index contributed by atoms with van der Waals surface area (Å²) in [6, 6.07) is 0. The standard InChI is InChI=1S/C5H9.2C2H5.3ClH.Ti/c1-2-4-5-3-1;2*1-2;;;;/h1H,2-5H2;2*1H2,2H3;3*1H;/q;;;;;;+3/p-3. The van der Waals surface area contributed by atoms with Crippen LogP contribution in [0.5, 0.6) is 0 Å². The molecule has 0 aliphatic heterocycles. The van der Waals surface area contributed by atoms with E-state index in [1.54, 1.807) is 0 Å². The minimum atomic E-state index is -4.11. The van der Waals surface area contributed by atoms with E-state index in [1.165, 1.54) is 12.8 Å². The van der Waals surface area contributed by atoms with E-state index in [2.05, 4.69) is 13.8 Å². The van der Waals surface area contributed by atoms with Crippen molar-refractivity contribution in [1.29, 1.82) is 0 Å². The molecule has 0 saturated heterocycles. The summed E-state index contributed by atoms with van der Waals surface area (Å²) in [6.07, 6.45) is 4.78. The Labute approximate surface area is 91.4 Å². The van der Waals surface area contributed by atoms with Crippen LogP contribution in [0.15, 0.2) is 0 Å². The van der Waals surface area contributed by atoms with Gasteiger partial charge in [0.25, 0.3) is 0 Å². The quantitative estimate of drug-likeness (QED) is 0.564. The van der Waals surface area contributed by atoms with Crippen molar-refractivity contribution >= 4 is 27.9 Å². The van der Waals surface area contributed by atoms with Gasteiger partial charge in [0.1, 0.15) is 0 Å². The molecular formula is C9H19Cl3Ti. The molecule has 0 aromatic carbocycles. The minimum absolute atomic E-state index is 0.417. The monoisotopic (exact) mass is 280 g/mol. The van der Waals surface area contributed by atoms with Gasteiger partial charge in [-0.1, -0.05) is 0 Å². The van der Waals surface area contributed by atoms with Crippen molar-refractivity contribution in [3.05, 3.63) is 0 Å². The van der Waals surface area contributed by atoms with E-state index < -0.39 is 10.8 Å². The fourth-order valence-corrected chi connectivity index (χ4v) is 10.7. The van der Waals surface area contributed by atoms with Crippen LogP contribution in [0.25, 0.3) is 0 Å². The van der Waals surface area contributed by atoms with Gasteiger partial charge in [-0.25, -0.2) is 0 Å². The van der Waals surface area contributed by atoms with Crippen LogP contribution < -0.4 is 0 Å². The third-order valence-electron chi connectivity index (χ3n) is 4.11. The molecule has 1 aliphatic carbocycles. The molecule has 80 valence electrons. The van der Waals surface area contributed by atoms with Crippen LogP contribution in [0.1, 0.15) is 39.5 Å². The average molecular weight is 281 g/mol. The van der Waals surface area contributed by atoms with Gasteiger partial charge in [-0.3, -0.25) is 0 Å². The molecule has 0 spiro atoms. The molecular weight excluding hydrogens is 262 g/mol. The van der Waals surface area contributed by atoms with E-state index in [4.69, 9.17) is 27.9 Å². The molecule has 0 aromatic heterocycles. The van der Waals surface area contributed by atoms with Gasteiger partial charge in [-0.2, -0.15) is 0 Å². The van der Waals surface area contributed by atoms with Crippen molar-refractivity contribution in [2.24, 2.45) is 0 Å². The number of halogens is 3. The number of hydrogen-bond donors (Lipinski definition) is 0. The third kappa shape index (κ3) is 2.23. The second-order valence-electron chi connectivity index (χ2n) is 4.69. The number of hydrogen-bond acceptors (Lipinski definition) is 0. The fraction of sp³-hybridized carbons (Fsp3) is 1.00. The fourth-order valence-electron chi connectivity index (χ4n) is 2.49. The van der Waals surface area contributed by atoms with Gasteiger partial charge < -0.3 is 0 Å². The van der Waals surface area contributed by atoms with Crippen LogP contribution in [0, 0.1) is 0 Å². The van der Waals surface area contributed by atoms with Gasteiger partial charge in [0.15, 0.2) is 0 Å². The van der Waals surface area contributed by atoms with Crippen LogP contribution in [0.2, 0.25) is 13.7 Å². The van der Waals surface area contributed by atoms with Crippen molar-refractivity contribution in [1.82, 2.24) is 0 Å². The first-order valence-corrected chi connectivity index (χ1v) is 14.8. The van der Waals surface area contributed by atoms with Gasteiger partial charge in [0.05, 0.1) is 0 Å². The Morgan fingerprint density at radius 1 is 1.00 bits per heavy atom. The van der Waals surface area contributed by atoms with E-state index in [0.717, 1.165) is 22.3 Å². The molecule has 0 radical (unpaired) electrons. The van der Waals surface area contributed by atoms with Crippen LogP contribution in [-0.4, -0.2) is 0 Å². The maximum absolute atomic E-state index is 6.74. The second-order valence-corrected chi connectivity index (χ2v) is 30.8. The molecule has 13 heavy (non-hydrogen) atoms. The van der Waals surface area contributed by atoms with Crippen LogP contribution >= 0.6 is 27.9 Å². The third-order valence-corrected chi connectivity index (χ3v) is 24.0. The Morgan fingerprint density at radius 3 is 1.69 bits per heavy atom. The Hall–Kier alpha value is 1.58. The van der Waals surface area contributed by atoms with Gasteiger partial charge in [0.2, 0.25) is 0 Å². The summed E-state index contributed by atoms with van der Waals surface area (Å²) in [5, 5.41) is 0. The second kappa shape index (κ2) is 3.29. The summed E-state index contributed by atoms with van der Waals surface area (Å²) in [4.78, 5) is 0. The van der Waals surface area contributed by atoms with Gasteiger partial charge in [-0.15, -0.1) is 0 Å². The molecule has 0 unspecified atom stereocenters. The van der Waals surface area contributed by atoms with Crippen LogP contribution in [0.3, 0.4) is 0 Å². The molecule has 0 bridgehead atoms. The zero-order valence-corrected chi connectivity index (χ0v) is 12.3. The summed E-state index contributed by atoms with van der Waals surface area (Å²) < 4.78 is 1.98. The maximum atomic E-state index is 6.74. The van der Waals surface area contributed by atoms with E-state index in [1.807, 2.05) is 0 Å². The van der Waals surface area contributed by atoms with Gasteiger partial charge >= 0.3 is 92.0 Å². The summed E-state index contributed by atoms with van der Waals surface area (Å²) >= 11 is 0. The SMILES string of the molecule is C[CH2][Ti]([Cl])([Cl])([Cl])([CH2]C)[CH]1CCCC1. The zero-order chi connectivity index (χ0) is 10.2. The Morgan fingerprint density at radius 2 is 1.38 bits per heavy atom. The van der Waals surface area contributed by atoms with Crippen molar-refractivity contribution in [3.8, 4) is 0 Å². The normalized spacial score (nSPS) is 25.6. The van der Waals surface area contributed by atoms with Crippen LogP contribution in [0.4, 0.5) is 0 Å². The zero-order valence-electron chi connectivity index (χ0n) is 8.45. The van der Waals surface area contributed by atoms with Gasteiger partial charge in [0, 0.05) is 0 Å². The van der Waals surface area contributed by atoms with Crippen molar-refractivity contribution in [2.75, 3.05) is 0 Å². The van der Waals surface area contributed by atoms with E-state index in [-0.39, 0.29) is 0 Å². The van der Waals surface area contributed by atoms with Crippen molar-refractivity contribution in [3.63, 3.8) is 0 Å². The predicted molar refractivity (Wildman–Crippen MR) is 60.7 cm³/mol. The Bertz CT molecular complexity index is 200. The summed E-state index contributed by atoms with van der Waals surface area (Å²) in [7, 11) is 16.1. The van der Waals surface area contributed by atoms with E-state index >= 15 is 0 Å². The molecule has 0 amide bonds. The molecule has 0 nitrogen and oxygen atoms in total. The Kier molecular flexibility index (Phi) is 3.20. The summed E-state index contributed by atoms with van der Waals surface area (Å²) in [5.74, 6) is 0. The molecule has 1 rings (SSSR count). The first-order chi connectivity index (χ1) is 5.77. The molecule has 1 fully saturated rings. The van der Waals surface area contributed by atoms with Gasteiger partial charge in [-0.05, 0) is 0 Å². The average Bonchev–Trinajstić information content (AvgIpc) is 2.58. The molecule has 0 heterocycles. The van der Waals surface area contributed by atoms with Crippen LogP contribution in [-0.2, 0) is 10.8 Å². The Balaban J connectivity index is 3.04. The molecule has 0 aromatic rings. The first kappa shape index (κ1) is 12.7.